The van der Waals surface area contributed by atoms with Crippen LogP contribution in [0.15, 0.2) is 65.6 Å². The Morgan fingerprint density at radius 3 is 2.74 bits per heavy atom. The molecule has 2 fully saturated rings. The molecular formula is C25H22FN3O2. The number of halogens is 1. The van der Waals surface area contributed by atoms with Gasteiger partial charge in [0.2, 0.25) is 0 Å². The average Bonchev–Trinajstić information content (AvgIpc) is 3.60. The van der Waals surface area contributed by atoms with Crippen molar-refractivity contribution in [1.82, 2.24) is 9.55 Å². The summed E-state index contributed by atoms with van der Waals surface area (Å²) in [7, 11) is 0. The van der Waals surface area contributed by atoms with Crippen molar-refractivity contribution in [3.63, 3.8) is 0 Å². The summed E-state index contributed by atoms with van der Waals surface area (Å²) < 4.78 is 20.8. The molecule has 6 heteroatoms. The number of ether oxygens (including phenoxy) is 1. The monoisotopic (exact) mass is 415 g/mol. The predicted molar refractivity (Wildman–Crippen MR) is 119 cm³/mol. The molecule has 2 unspecified atom stereocenters. The zero-order valence-corrected chi connectivity index (χ0v) is 17.0. The highest BCUT2D eigenvalue weighted by Gasteiger charge is 2.41. The summed E-state index contributed by atoms with van der Waals surface area (Å²) in [5.41, 5.74) is 2.78. The molecule has 0 amide bonds. The molecule has 1 aliphatic heterocycles. The molecule has 2 atom stereocenters. The minimum absolute atomic E-state index is 0.0509. The first-order valence-corrected chi connectivity index (χ1v) is 10.7. The van der Waals surface area contributed by atoms with Gasteiger partial charge in [-0.05, 0) is 48.2 Å². The van der Waals surface area contributed by atoms with E-state index in [1.807, 2.05) is 47.2 Å². The van der Waals surface area contributed by atoms with Crippen molar-refractivity contribution in [3.05, 3.63) is 82.7 Å². The van der Waals surface area contributed by atoms with Gasteiger partial charge in [0, 0.05) is 42.3 Å². The number of aromatic nitrogens is 2. The van der Waals surface area contributed by atoms with Crippen LogP contribution in [0.4, 0.5) is 10.1 Å². The van der Waals surface area contributed by atoms with Crippen LogP contribution < -0.4 is 10.5 Å². The van der Waals surface area contributed by atoms with E-state index < -0.39 is 0 Å². The molecule has 1 saturated carbocycles. The molecule has 0 bridgehead atoms. The van der Waals surface area contributed by atoms with Gasteiger partial charge in [-0.25, -0.2) is 4.39 Å². The van der Waals surface area contributed by atoms with Gasteiger partial charge in [-0.2, -0.15) is 0 Å². The van der Waals surface area contributed by atoms with E-state index in [2.05, 4.69) is 4.90 Å². The smallest absolute Gasteiger partial charge is 0.260 e. The van der Waals surface area contributed by atoms with E-state index in [4.69, 9.17) is 9.72 Å². The SMILES string of the molecule is O=c1c2c(N3CCOCC3)cccc2ccn1C1CC1c1ccc2cc(F)ccc2n1. The standard InChI is InChI=1S/C25H22FN3O2/c26-18-5-7-20-17(14-18)4-6-21(27-20)19-15-23(19)29-9-8-16-2-1-3-22(24(16)25(29)30)28-10-12-31-13-11-28/h1-9,14,19,23H,10-13,15H2. The number of hydrogen-bond donors (Lipinski definition) is 0. The summed E-state index contributed by atoms with van der Waals surface area (Å²) in [5.74, 6) is -0.0645. The van der Waals surface area contributed by atoms with Gasteiger partial charge in [0.1, 0.15) is 5.82 Å². The zero-order chi connectivity index (χ0) is 20.9. The third kappa shape index (κ3) is 3.18. The van der Waals surface area contributed by atoms with Crippen molar-refractivity contribution < 1.29 is 9.13 Å². The fourth-order valence-corrected chi connectivity index (χ4v) is 4.74. The van der Waals surface area contributed by atoms with Crippen molar-refractivity contribution in [1.29, 1.82) is 0 Å². The van der Waals surface area contributed by atoms with Crippen molar-refractivity contribution in [2.24, 2.45) is 0 Å². The van der Waals surface area contributed by atoms with Gasteiger partial charge >= 0.3 is 0 Å². The van der Waals surface area contributed by atoms with Crippen molar-refractivity contribution in [3.8, 4) is 0 Å². The Morgan fingerprint density at radius 2 is 1.87 bits per heavy atom. The summed E-state index contributed by atoms with van der Waals surface area (Å²) in [5, 5.41) is 2.53. The summed E-state index contributed by atoms with van der Waals surface area (Å²) in [4.78, 5) is 20.5. The van der Waals surface area contributed by atoms with Gasteiger partial charge < -0.3 is 14.2 Å². The first-order valence-electron chi connectivity index (χ1n) is 10.7. The van der Waals surface area contributed by atoms with Crippen LogP contribution in [0.2, 0.25) is 0 Å². The largest absolute Gasteiger partial charge is 0.378 e. The number of benzene rings is 2. The summed E-state index contributed by atoms with van der Waals surface area (Å²) in [6.45, 7) is 2.95. The van der Waals surface area contributed by atoms with Crippen LogP contribution in [0.1, 0.15) is 24.1 Å². The van der Waals surface area contributed by atoms with Gasteiger partial charge in [-0.3, -0.25) is 9.78 Å². The van der Waals surface area contributed by atoms with Gasteiger partial charge in [0.15, 0.2) is 0 Å². The molecule has 2 aromatic heterocycles. The maximum Gasteiger partial charge on any atom is 0.260 e. The summed E-state index contributed by atoms with van der Waals surface area (Å²) >= 11 is 0. The van der Waals surface area contributed by atoms with E-state index in [0.29, 0.717) is 13.2 Å². The van der Waals surface area contributed by atoms with E-state index in [1.54, 1.807) is 6.07 Å². The second-order valence-electron chi connectivity index (χ2n) is 8.35. The molecule has 0 spiro atoms. The fraction of sp³-hybridized carbons (Fsp3) is 0.280. The fourth-order valence-electron chi connectivity index (χ4n) is 4.74. The Labute approximate surface area is 178 Å². The van der Waals surface area contributed by atoms with Crippen LogP contribution in [-0.2, 0) is 4.74 Å². The molecule has 0 radical (unpaired) electrons. The number of morpholine rings is 1. The Kier molecular flexibility index (Phi) is 4.28. The van der Waals surface area contributed by atoms with Crippen molar-refractivity contribution >= 4 is 27.4 Å². The lowest BCUT2D eigenvalue weighted by Crippen LogP contribution is -2.37. The molecular weight excluding hydrogens is 393 g/mol. The first kappa shape index (κ1) is 18.5. The average molecular weight is 415 g/mol. The van der Waals surface area contributed by atoms with Crippen LogP contribution in [0, 0.1) is 5.82 Å². The van der Waals surface area contributed by atoms with E-state index >= 15 is 0 Å². The molecule has 0 N–H and O–H groups in total. The number of pyridine rings is 2. The normalized spacial score (nSPS) is 21.0. The highest BCUT2D eigenvalue weighted by molar-refractivity contribution is 5.93. The molecule has 4 aromatic rings. The lowest BCUT2D eigenvalue weighted by Gasteiger charge is -2.29. The summed E-state index contributed by atoms with van der Waals surface area (Å²) in [6, 6.07) is 16.7. The van der Waals surface area contributed by atoms with Gasteiger partial charge in [0.05, 0.1) is 29.8 Å². The Hall–Kier alpha value is -3.25. The van der Waals surface area contributed by atoms with Gasteiger partial charge in [-0.15, -0.1) is 0 Å². The maximum atomic E-state index is 13.5. The highest BCUT2D eigenvalue weighted by atomic mass is 19.1. The maximum absolute atomic E-state index is 13.5. The van der Waals surface area contributed by atoms with Crippen LogP contribution in [0.25, 0.3) is 21.7 Å². The number of nitrogens with zero attached hydrogens (tertiary/aromatic N) is 3. The van der Waals surface area contributed by atoms with Crippen LogP contribution in [0.3, 0.4) is 0 Å². The van der Waals surface area contributed by atoms with Gasteiger partial charge in [0.25, 0.3) is 5.56 Å². The molecule has 2 aliphatic rings. The molecule has 1 saturated heterocycles. The van der Waals surface area contributed by atoms with E-state index in [-0.39, 0.29) is 23.3 Å². The van der Waals surface area contributed by atoms with Crippen molar-refractivity contribution in [2.45, 2.75) is 18.4 Å². The number of hydrogen-bond acceptors (Lipinski definition) is 4. The molecule has 6 rings (SSSR count). The minimum atomic E-state index is -0.259. The van der Waals surface area contributed by atoms with E-state index in [9.17, 15) is 9.18 Å². The van der Waals surface area contributed by atoms with Crippen molar-refractivity contribution in [2.75, 3.05) is 31.2 Å². The first-order chi connectivity index (χ1) is 15.2. The molecule has 2 aromatic carbocycles. The number of rotatable bonds is 3. The zero-order valence-electron chi connectivity index (χ0n) is 17.0. The Bertz CT molecular complexity index is 1360. The van der Waals surface area contributed by atoms with Crippen LogP contribution in [0.5, 0.6) is 0 Å². The quantitative estimate of drug-likeness (QED) is 0.502. The minimum Gasteiger partial charge on any atom is -0.378 e. The molecule has 1 aliphatic carbocycles. The summed E-state index contributed by atoms with van der Waals surface area (Å²) in [6.07, 6.45) is 2.79. The van der Waals surface area contributed by atoms with E-state index in [0.717, 1.165) is 52.6 Å². The Morgan fingerprint density at radius 1 is 1.00 bits per heavy atom. The third-order valence-electron chi connectivity index (χ3n) is 6.46. The second-order valence-corrected chi connectivity index (χ2v) is 8.35. The van der Waals surface area contributed by atoms with Gasteiger partial charge in [-0.1, -0.05) is 18.2 Å². The third-order valence-corrected chi connectivity index (χ3v) is 6.46. The molecule has 31 heavy (non-hydrogen) atoms. The molecule has 3 heterocycles. The number of fused-ring (bicyclic) bond motifs is 2. The lowest BCUT2D eigenvalue weighted by molar-refractivity contribution is 0.123. The number of anilines is 1. The topological polar surface area (TPSA) is 47.4 Å². The lowest BCUT2D eigenvalue weighted by atomic mass is 10.1. The van der Waals surface area contributed by atoms with E-state index in [1.165, 1.54) is 12.1 Å². The molecule has 156 valence electrons. The highest BCUT2D eigenvalue weighted by Crippen LogP contribution is 2.50. The van der Waals surface area contributed by atoms with Crippen LogP contribution in [-0.4, -0.2) is 35.9 Å². The van der Waals surface area contributed by atoms with Crippen LogP contribution >= 0.6 is 0 Å². The predicted octanol–water partition coefficient (Wildman–Crippen LogP) is 4.25. The Balaban J connectivity index is 1.37. The second kappa shape index (κ2) is 7.17. The molecule has 5 nitrogen and oxygen atoms in total.